The van der Waals surface area contributed by atoms with E-state index < -0.39 is 15.6 Å². The molecule has 0 aliphatic carbocycles. The van der Waals surface area contributed by atoms with Gasteiger partial charge in [-0.25, -0.2) is 13.2 Å². The molecule has 7 nitrogen and oxygen atoms in total. The zero-order valence-electron chi connectivity index (χ0n) is 13.0. The summed E-state index contributed by atoms with van der Waals surface area (Å²) in [5.41, 5.74) is 1.34. The molecule has 2 aromatic rings. The highest BCUT2D eigenvalue weighted by molar-refractivity contribution is 7.91. The summed E-state index contributed by atoms with van der Waals surface area (Å²) in [6.45, 7) is 2.25. The Bertz CT molecular complexity index is 925. The molecule has 1 aromatic carbocycles. The van der Waals surface area contributed by atoms with E-state index in [0.29, 0.717) is 29.6 Å². The maximum atomic E-state index is 12.7. The Labute approximate surface area is 133 Å². The van der Waals surface area contributed by atoms with E-state index in [1.54, 1.807) is 24.1 Å². The van der Waals surface area contributed by atoms with Crippen LogP contribution < -0.4 is 5.76 Å². The number of carbonyl (C=O) groups excluding carboxylic acids is 1. The van der Waals surface area contributed by atoms with E-state index in [1.807, 2.05) is 6.92 Å². The van der Waals surface area contributed by atoms with E-state index in [1.165, 1.54) is 10.6 Å². The summed E-state index contributed by atoms with van der Waals surface area (Å²) in [7, 11) is -1.47. The van der Waals surface area contributed by atoms with Crippen molar-refractivity contribution in [1.29, 1.82) is 0 Å². The summed E-state index contributed by atoms with van der Waals surface area (Å²) in [6, 6.07) is 4.53. The lowest BCUT2D eigenvalue weighted by Crippen LogP contribution is -2.40. The van der Waals surface area contributed by atoms with Crippen molar-refractivity contribution >= 4 is 26.8 Å². The van der Waals surface area contributed by atoms with Gasteiger partial charge in [-0.05, 0) is 31.5 Å². The van der Waals surface area contributed by atoms with Crippen molar-refractivity contribution in [3.05, 3.63) is 34.3 Å². The topological polar surface area (TPSA) is 89.6 Å². The van der Waals surface area contributed by atoms with Crippen molar-refractivity contribution in [3.63, 3.8) is 0 Å². The van der Waals surface area contributed by atoms with E-state index in [0.717, 1.165) is 0 Å². The van der Waals surface area contributed by atoms with E-state index in [-0.39, 0.29) is 23.5 Å². The average molecular weight is 338 g/mol. The third-order valence-electron chi connectivity index (χ3n) is 4.29. The molecular formula is C15H18N2O5S. The zero-order valence-corrected chi connectivity index (χ0v) is 13.8. The van der Waals surface area contributed by atoms with Gasteiger partial charge in [-0.1, -0.05) is 0 Å². The molecule has 0 bridgehead atoms. The summed E-state index contributed by atoms with van der Waals surface area (Å²) in [6.07, 6.45) is 0.463. The highest BCUT2D eigenvalue weighted by Gasteiger charge is 2.34. The second kappa shape index (κ2) is 5.52. The fourth-order valence-electron chi connectivity index (χ4n) is 3.02. The van der Waals surface area contributed by atoms with Crippen molar-refractivity contribution in [2.45, 2.75) is 19.4 Å². The average Bonchev–Trinajstić information content (AvgIpc) is 2.99. The molecule has 8 heteroatoms. The molecular weight excluding hydrogens is 320 g/mol. The number of sulfone groups is 1. The van der Waals surface area contributed by atoms with Crippen molar-refractivity contribution in [3.8, 4) is 0 Å². The molecule has 1 fully saturated rings. The minimum Gasteiger partial charge on any atom is -0.408 e. The van der Waals surface area contributed by atoms with Crippen LogP contribution in [-0.2, 0) is 16.9 Å². The molecule has 1 atom stereocenters. The molecule has 1 amide bonds. The van der Waals surface area contributed by atoms with Gasteiger partial charge in [0.15, 0.2) is 15.4 Å². The summed E-state index contributed by atoms with van der Waals surface area (Å²) >= 11 is 0. The van der Waals surface area contributed by atoms with Crippen LogP contribution in [0.3, 0.4) is 0 Å². The van der Waals surface area contributed by atoms with E-state index in [9.17, 15) is 18.0 Å². The molecule has 0 N–H and O–H groups in total. The van der Waals surface area contributed by atoms with Crippen LogP contribution in [0.1, 0.15) is 23.7 Å². The number of aryl methyl sites for hydroxylation is 1. The van der Waals surface area contributed by atoms with Crippen LogP contribution in [0.25, 0.3) is 11.1 Å². The number of aromatic nitrogens is 1. The van der Waals surface area contributed by atoms with Gasteiger partial charge in [0.25, 0.3) is 5.91 Å². The number of carbonyl (C=O) groups is 1. The Morgan fingerprint density at radius 3 is 2.78 bits per heavy atom. The number of amides is 1. The minimum absolute atomic E-state index is 0.00917. The maximum absolute atomic E-state index is 12.7. The van der Waals surface area contributed by atoms with Crippen molar-refractivity contribution < 1.29 is 17.6 Å². The Balaban J connectivity index is 1.93. The predicted molar refractivity (Wildman–Crippen MR) is 85.2 cm³/mol. The van der Waals surface area contributed by atoms with Gasteiger partial charge in [0.1, 0.15) is 0 Å². The number of oxazole rings is 1. The van der Waals surface area contributed by atoms with Crippen LogP contribution in [0.2, 0.25) is 0 Å². The van der Waals surface area contributed by atoms with Crippen LogP contribution in [-0.4, -0.2) is 47.9 Å². The van der Waals surface area contributed by atoms with Crippen molar-refractivity contribution in [1.82, 2.24) is 9.47 Å². The van der Waals surface area contributed by atoms with E-state index >= 15 is 0 Å². The first-order valence-electron chi connectivity index (χ1n) is 7.43. The monoisotopic (exact) mass is 338 g/mol. The molecule has 0 spiro atoms. The molecule has 2 heterocycles. The number of benzene rings is 1. The van der Waals surface area contributed by atoms with Crippen LogP contribution in [0.4, 0.5) is 0 Å². The van der Waals surface area contributed by atoms with Crippen LogP contribution in [0.5, 0.6) is 0 Å². The minimum atomic E-state index is -3.06. The Morgan fingerprint density at radius 1 is 1.43 bits per heavy atom. The molecule has 0 radical (unpaired) electrons. The number of hydrogen-bond acceptors (Lipinski definition) is 5. The first kappa shape index (κ1) is 15.8. The lowest BCUT2D eigenvalue weighted by molar-refractivity contribution is 0.0708. The van der Waals surface area contributed by atoms with Gasteiger partial charge in [-0.3, -0.25) is 9.36 Å². The number of fused-ring (bicyclic) bond motifs is 1. The zero-order chi connectivity index (χ0) is 16.8. The standard InChI is InChI=1S/C15H18N2O5S/c1-3-17(11-6-7-23(20,21)9-11)14(18)10-4-5-12-13(8-10)22-15(19)16(12)2/h4-5,8,11H,3,6-7,9H2,1-2H3. The summed E-state index contributed by atoms with van der Waals surface area (Å²) < 4.78 is 29.8. The number of hydrogen-bond donors (Lipinski definition) is 0. The molecule has 124 valence electrons. The highest BCUT2D eigenvalue weighted by atomic mass is 32.2. The SMILES string of the molecule is CCN(C(=O)c1ccc2c(c1)oc(=O)n2C)C1CCS(=O)(=O)C1. The van der Waals surface area contributed by atoms with Crippen LogP contribution >= 0.6 is 0 Å². The Hall–Kier alpha value is -2.09. The highest BCUT2D eigenvalue weighted by Crippen LogP contribution is 2.21. The molecule has 1 aliphatic rings. The summed E-state index contributed by atoms with van der Waals surface area (Å²) in [5, 5.41) is 0. The van der Waals surface area contributed by atoms with Crippen molar-refractivity contribution in [2.24, 2.45) is 7.05 Å². The third kappa shape index (κ3) is 2.78. The molecule has 1 unspecified atom stereocenters. The molecule has 0 saturated carbocycles. The number of rotatable bonds is 3. The lowest BCUT2D eigenvalue weighted by Gasteiger charge is -2.26. The normalized spacial score (nSPS) is 20.0. The second-order valence-electron chi connectivity index (χ2n) is 5.76. The summed E-state index contributed by atoms with van der Waals surface area (Å²) in [4.78, 5) is 25.8. The quantitative estimate of drug-likeness (QED) is 0.825. The summed E-state index contributed by atoms with van der Waals surface area (Å²) in [5.74, 6) is -0.606. The van der Waals surface area contributed by atoms with E-state index in [2.05, 4.69) is 0 Å². The van der Waals surface area contributed by atoms with Crippen LogP contribution in [0.15, 0.2) is 27.4 Å². The maximum Gasteiger partial charge on any atom is 0.419 e. The number of nitrogens with zero attached hydrogens (tertiary/aromatic N) is 2. The third-order valence-corrected chi connectivity index (χ3v) is 6.04. The van der Waals surface area contributed by atoms with E-state index in [4.69, 9.17) is 4.42 Å². The predicted octanol–water partition coefficient (Wildman–Crippen LogP) is 0.781. The molecule has 1 aliphatic heterocycles. The largest absolute Gasteiger partial charge is 0.419 e. The molecule has 1 aromatic heterocycles. The van der Waals surface area contributed by atoms with Crippen molar-refractivity contribution in [2.75, 3.05) is 18.1 Å². The van der Waals surface area contributed by atoms with Crippen LogP contribution in [0, 0.1) is 0 Å². The lowest BCUT2D eigenvalue weighted by atomic mass is 10.1. The Morgan fingerprint density at radius 2 is 2.17 bits per heavy atom. The van der Waals surface area contributed by atoms with Gasteiger partial charge in [0.2, 0.25) is 0 Å². The van der Waals surface area contributed by atoms with Gasteiger partial charge < -0.3 is 9.32 Å². The first-order chi connectivity index (χ1) is 10.8. The van der Waals surface area contributed by atoms with Gasteiger partial charge in [-0.2, -0.15) is 0 Å². The van der Waals surface area contributed by atoms with Gasteiger partial charge in [-0.15, -0.1) is 0 Å². The smallest absolute Gasteiger partial charge is 0.408 e. The second-order valence-corrected chi connectivity index (χ2v) is 7.99. The molecule has 3 rings (SSSR count). The van der Waals surface area contributed by atoms with Gasteiger partial charge >= 0.3 is 5.76 Å². The molecule has 1 saturated heterocycles. The first-order valence-corrected chi connectivity index (χ1v) is 9.25. The molecule has 23 heavy (non-hydrogen) atoms. The Kier molecular flexibility index (Phi) is 3.79. The fraction of sp³-hybridized carbons (Fsp3) is 0.467. The van der Waals surface area contributed by atoms with Gasteiger partial charge in [0.05, 0.1) is 17.0 Å². The van der Waals surface area contributed by atoms with Gasteiger partial charge in [0, 0.05) is 25.2 Å². The fourth-order valence-corrected chi connectivity index (χ4v) is 4.75.